The third-order valence-electron chi connectivity index (χ3n) is 4.05. The van der Waals surface area contributed by atoms with E-state index < -0.39 is 0 Å². The molecule has 0 saturated carbocycles. The monoisotopic (exact) mass is 361 g/mol. The van der Waals surface area contributed by atoms with Crippen LogP contribution in [0.2, 0.25) is 0 Å². The van der Waals surface area contributed by atoms with Crippen LogP contribution in [-0.2, 0) is 7.05 Å². The number of aryl methyl sites for hydroxylation is 1. The lowest BCUT2D eigenvalue weighted by atomic mass is 10.2. The van der Waals surface area contributed by atoms with Crippen LogP contribution in [0, 0.1) is 0 Å². The highest BCUT2D eigenvalue weighted by Gasteiger charge is 2.09. The van der Waals surface area contributed by atoms with E-state index in [0.29, 0.717) is 11.3 Å². The van der Waals surface area contributed by atoms with Crippen molar-refractivity contribution in [1.29, 1.82) is 0 Å². The van der Waals surface area contributed by atoms with E-state index >= 15 is 0 Å². The van der Waals surface area contributed by atoms with Gasteiger partial charge >= 0.3 is 0 Å². The number of nitrogens with one attached hydrogen (secondary N) is 1. The molecule has 0 spiro atoms. The molecule has 0 saturated heterocycles. The van der Waals surface area contributed by atoms with Gasteiger partial charge in [0.1, 0.15) is 5.01 Å². The fraction of sp³-hybridized carbons (Fsp3) is 0.0500. The van der Waals surface area contributed by atoms with Crippen LogP contribution in [0.1, 0.15) is 10.4 Å². The summed E-state index contributed by atoms with van der Waals surface area (Å²) < 4.78 is 2.56. The summed E-state index contributed by atoms with van der Waals surface area (Å²) in [4.78, 5) is 28.6. The van der Waals surface area contributed by atoms with Crippen molar-refractivity contribution >= 4 is 33.1 Å². The predicted octanol–water partition coefficient (Wildman–Crippen LogP) is 3.91. The van der Waals surface area contributed by atoms with E-state index in [9.17, 15) is 9.59 Å². The lowest BCUT2D eigenvalue weighted by molar-refractivity contribution is 0.102. The smallest absolute Gasteiger partial charge is 0.255 e. The molecule has 2 heterocycles. The summed E-state index contributed by atoms with van der Waals surface area (Å²) in [6.07, 6.45) is 1.58. The molecule has 0 unspecified atom stereocenters. The highest BCUT2D eigenvalue weighted by molar-refractivity contribution is 7.21. The molecule has 6 heteroatoms. The van der Waals surface area contributed by atoms with Crippen molar-refractivity contribution in [2.24, 2.45) is 7.05 Å². The number of nitrogens with zero attached hydrogens (tertiary/aromatic N) is 2. The molecule has 5 nitrogen and oxygen atoms in total. The Bertz CT molecular complexity index is 1130. The average Bonchev–Trinajstić information content (AvgIpc) is 3.08. The van der Waals surface area contributed by atoms with E-state index in [4.69, 9.17) is 0 Å². The molecule has 4 rings (SSSR count). The van der Waals surface area contributed by atoms with Gasteiger partial charge in [-0.05, 0) is 42.5 Å². The van der Waals surface area contributed by atoms with Gasteiger partial charge in [0.2, 0.25) is 0 Å². The number of pyridine rings is 1. The first-order valence-corrected chi connectivity index (χ1v) is 8.86. The summed E-state index contributed by atoms with van der Waals surface area (Å²) in [7, 11) is 1.64. The number of benzene rings is 2. The summed E-state index contributed by atoms with van der Waals surface area (Å²) in [6, 6.07) is 18.5. The number of carbonyl (C=O) groups excluding carboxylic acids is 1. The zero-order chi connectivity index (χ0) is 18.1. The van der Waals surface area contributed by atoms with E-state index in [1.165, 1.54) is 10.6 Å². The van der Waals surface area contributed by atoms with Gasteiger partial charge in [0.05, 0.1) is 10.2 Å². The number of carbonyl (C=O) groups is 1. The van der Waals surface area contributed by atoms with E-state index in [1.807, 2.05) is 42.5 Å². The Morgan fingerprint density at radius 2 is 1.85 bits per heavy atom. The molecule has 0 aliphatic rings. The second-order valence-corrected chi connectivity index (χ2v) is 6.91. The van der Waals surface area contributed by atoms with Gasteiger partial charge in [-0.1, -0.05) is 12.1 Å². The zero-order valence-electron chi connectivity index (χ0n) is 14.0. The number of rotatable bonds is 3. The number of fused-ring (bicyclic) bond motifs is 1. The number of aromatic nitrogens is 2. The second kappa shape index (κ2) is 6.57. The third kappa shape index (κ3) is 3.14. The molecule has 0 radical (unpaired) electrons. The van der Waals surface area contributed by atoms with Crippen LogP contribution in [0.15, 0.2) is 71.7 Å². The van der Waals surface area contributed by atoms with Crippen LogP contribution in [0.25, 0.3) is 20.8 Å². The number of thiazole rings is 1. The number of hydrogen-bond acceptors (Lipinski definition) is 4. The molecular formula is C20H15N3O2S. The SMILES string of the molecule is Cn1ccc(C(=O)Nc2ccc(-c3nc4ccccc4s3)cc2)cc1=O. The molecule has 0 aliphatic heterocycles. The molecule has 1 amide bonds. The number of anilines is 1. The highest BCUT2D eigenvalue weighted by Crippen LogP contribution is 2.30. The molecule has 1 N–H and O–H groups in total. The quantitative estimate of drug-likeness (QED) is 0.602. The largest absolute Gasteiger partial charge is 0.322 e. The van der Waals surface area contributed by atoms with Crippen molar-refractivity contribution in [3.05, 3.63) is 82.8 Å². The van der Waals surface area contributed by atoms with Gasteiger partial charge in [-0.15, -0.1) is 11.3 Å². The molecule has 0 atom stereocenters. The van der Waals surface area contributed by atoms with Crippen molar-refractivity contribution in [3.63, 3.8) is 0 Å². The molecule has 128 valence electrons. The molecule has 0 aliphatic carbocycles. The Labute approximate surface area is 153 Å². The summed E-state index contributed by atoms with van der Waals surface area (Å²) in [5.74, 6) is -0.310. The standard InChI is InChI=1S/C20H15N3O2S/c1-23-11-10-14(12-18(23)24)19(25)21-15-8-6-13(7-9-15)20-22-16-4-2-3-5-17(16)26-20/h2-12H,1H3,(H,21,25). The molecular weight excluding hydrogens is 346 g/mol. The van der Waals surface area contributed by atoms with Gasteiger partial charge < -0.3 is 9.88 Å². The maximum atomic E-state index is 12.3. The predicted molar refractivity (Wildman–Crippen MR) is 105 cm³/mol. The minimum atomic E-state index is -0.310. The van der Waals surface area contributed by atoms with Crippen LogP contribution >= 0.6 is 11.3 Å². The topological polar surface area (TPSA) is 64.0 Å². The Morgan fingerprint density at radius 1 is 1.08 bits per heavy atom. The Kier molecular flexibility index (Phi) is 4.10. The maximum absolute atomic E-state index is 12.3. The lowest BCUT2D eigenvalue weighted by Crippen LogP contribution is -2.19. The summed E-state index contributed by atoms with van der Waals surface area (Å²) in [5.41, 5.74) is 2.76. The van der Waals surface area contributed by atoms with Crippen LogP contribution < -0.4 is 10.9 Å². The first kappa shape index (κ1) is 16.2. The van der Waals surface area contributed by atoms with Gasteiger partial charge in [0, 0.05) is 36.1 Å². The lowest BCUT2D eigenvalue weighted by Gasteiger charge is -2.06. The van der Waals surface area contributed by atoms with E-state index in [1.54, 1.807) is 30.6 Å². The molecule has 2 aromatic carbocycles. The molecule has 0 fully saturated rings. The Morgan fingerprint density at radius 3 is 2.58 bits per heavy atom. The van der Waals surface area contributed by atoms with Crippen LogP contribution in [0.4, 0.5) is 5.69 Å². The molecule has 2 aromatic heterocycles. The number of para-hydroxylation sites is 1. The normalized spacial score (nSPS) is 10.8. The second-order valence-electron chi connectivity index (χ2n) is 5.88. The highest BCUT2D eigenvalue weighted by atomic mass is 32.1. The van der Waals surface area contributed by atoms with E-state index in [0.717, 1.165) is 20.8 Å². The van der Waals surface area contributed by atoms with Crippen LogP contribution in [0.5, 0.6) is 0 Å². The van der Waals surface area contributed by atoms with Crippen molar-refractivity contribution in [2.75, 3.05) is 5.32 Å². The van der Waals surface area contributed by atoms with Gasteiger partial charge in [0.15, 0.2) is 0 Å². The van der Waals surface area contributed by atoms with Gasteiger partial charge in [-0.3, -0.25) is 9.59 Å². The maximum Gasteiger partial charge on any atom is 0.255 e. The fourth-order valence-electron chi connectivity index (χ4n) is 2.58. The average molecular weight is 361 g/mol. The third-order valence-corrected chi connectivity index (χ3v) is 5.14. The Balaban J connectivity index is 1.54. The van der Waals surface area contributed by atoms with Crippen molar-refractivity contribution in [3.8, 4) is 10.6 Å². The van der Waals surface area contributed by atoms with E-state index in [2.05, 4.69) is 16.4 Å². The molecule has 26 heavy (non-hydrogen) atoms. The number of hydrogen-bond donors (Lipinski definition) is 1. The number of amides is 1. The van der Waals surface area contributed by atoms with E-state index in [-0.39, 0.29) is 11.5 Å². The Hall–Kier alpha value is -3.25. The zero-order valence-corrected chi connectivity index (χ0v) is 14.8. The molecule has 0 bridgehead atoms. The van der Waals surface area contributed by atoms with Gasteiger partial charge in [0.25, 0.3) is 11.5 Å². The molecule has 4 aromatic rings. The van der Waals surface area contributed by atoms with Crippen molar-refractivity contribution in [2.45, 2.75) is 0 Å². The van der Waals surface area contributed by atoms with Crippen molar-refractivity contribution < 1.29 is 4.79 Å². The van der Waals surface area contributed by atoms with Crippen molar-refractivity contribution in [1.82, 2.24) is 9.55 Å². The first-order valence-electron chi connectivity index (χ1n) is 8.04. The summed E-state index contributed by atoms with van der Waals surface area (Å²) in [5, 5.41) is 3.75. The van der Waals surface area contributed by atoms with Crippen LogP contribution in [-0.4, -0.2) is 15.5 Å². The van der Waals surface area contributed by atoms with Gasteiger partial charge in [-0.25, -0.2) is 4.98 Å². The van der Waals surface area contributed by atoms with Gasteiger partial charge in [-0.2, -0.15) is 0 Å². The summed E-state index contributed by atoms with van der Waals surface area (Å²) >= 11 is 1.63. The minimum Gasteiger partial charge on any atom is -0.322 e. The fourth-order valence-corrected chi connectivity index (χ4v) is 3.56. The minimum absolute atomic E-state index is 0.219. The first-order chi connectivity index (χ1) is 12.6. The summed E-state index contributed by atoms with van der Waals surface area (Å²) in [6.45, 7) is 0. The van der Waals surface area contributed by atoms with Crippen LogP contribution in [0.3, 0.4) is 0 Å².